The Bertz CT molecular complexity index is 1360. The van der Waals surface area contributed by atoms with Crippen LogP contribution in [0.2, 0.25) is 0 Å². The van der Waals surface area contributed by atoms with Crippen LogP contribution >= 0.6 is 31.9 Å². The van der Waals surface area contributed by atoms with E-state index in [1.54, 1.807) is 0 Å². The highest BCUT2D eigenvalue weighted by atomic mass is 79.9. The molecule has 0 aromatic heterocycles. The number of nitrogens with one attached hydrogen (secondary N) is 2. The van der Waals surface area contributed by atoms with E-state index in [1.165, 1.54) is 0 Å². The van der Waals surface area contributed by atoms with Gasteiger partial charge in [0.15, 0.2) is 11.6 Å². The molecule has 2 atom stereocenters. The Balaban J connectivity index is 1.75. The van der Waals surface area contributed by atoms with Crippen LogP contribution in [0.3, 0.4) is 0 Å². The molecule has 3 N–H and O–H groups in total. The van der Waals surface area contributed by atoms with Crippen molar-refractivity contribution in [2.75, 3.05) is 19.8 Å². The topological polar surface area (TPSA) is 92.2 Å². The van der Waals surface area contributed by atoms with E-state index >= 15 is 0 Å². The lowest BCUT2D eigenvalue weighted by atomic mass is 9.82. The molecule has 0 fully saturated rings. The Hall–Kier alpha value is -2.72. The lowest BCUT2D eigenvalue weighted by Crippen LogP contribution is -2.54. The molecule has 7 nitrogen and oxygen atoms in total. The number of hydrogen-bond donors (Lipinski definition) is 3. The first-order chi connectivity index (χ1) is 19.6. The molecule has 4 rings (SSSR count). The van der Waals surface area contributed by atoms with Crippen molar-refractivity contribution in [3.8, 4) is 5.75 Å². The van der Waals surface area contributed by atoms with Crippen LogP contribution in [-0.2, 0) is 16.0 Å². The molecule has 0 saturated heterocycles. The number of ether oxygens (including phenoxy) is 2. The third-order valence-corrected chi connectivity index (χ3v) is 8.33. The minimum absolute atomic E-state index is 0.0753. The maximum atomic E-state index is 14.2. The van der Waals surface area contributed by atoms with E-state index in [9.17, 15) is 4.79 Å². The molecule has 9 heteroatoms. The van der Waals surface area contributed by atoms with E-state index in [4.69, 9.17) is 19.6 Å². The summed E-state index contributed by atoms with van der Waals surface area (Å²) in [6.07, 6.45) is 1.04. The number of benzene rings is 3. The molecule has 1 aliphatic heterocycles. The van der Waals surface area contributed by atoms with Crippen LogP contribution in [0, 0.1) is 5.41 Å². The SMILES string of the molecule is CC(C)(C)CCNNC(=O)[C@@]1(Cc2ccccc2Br)N=C(c2ccc(OCCCO)cc2)O[C@H]1c1ccccc1Br. The largest absolute Gasteiger partial charge is 0.494 e. The van der Waals surface area contributed by atoms with E-state index in [2.05, 4.69) is 63.5 Å². The number of aliphatic imine (C=N–C) groups is 1. The van der Waals surface area contributed by atoms with E-state index in [-0.39, 0.29) is 17.9 Å². The number of halogens is 2. The summed E-state index contributed by atoms with van der Waals surface area (Å²) < 4.78 is 14.0. The summed E-state index contributed by atoms with van der Waals surface area (Å²) in [4.78, 5) is 19.3. The van der Waals surface area contributed by atoms with Gasteiger partial charge in [0.1, 0.15) is 5.75 Å². The summed E-state index contributed by atoms with van der Waals surface area (Å²) >= 11 is 7.36. The standard InChI is InChI=1S/C32H37Br2N3O4/c1-31(2,3)17-18-35-37-30(39)32(21-23-9-4-6-11-26(23)33)28(25-10-5-7-12-27(25)34)41-29(36-32)22-13-15-24(16-14-22)40-20-8-19-38/h4-7,9-16,28,35,38H,8,17-21H2,1-3H3,(H,37,39)/t28-,32-/m0/s1. The van der Waals surface area contributed by atoms with E-state index in [0.717, 1.165) is 32.1 Å². The fourth-order valence-corrected chi connectivity index (χ4v) is 5.49. The molecule has 3 aromatic carbocycles. The Morgan fingerprint density at radius 1 is 1.02 bits per heavy atom. The first-order valence-corrected chi connectivity index (χ1v) is 15.3. The molecule has 41 heavy (non-hydrogen) atoms. The van der Waals surface area contributed by atoms with Gasteiger partial charge in [-0.3, -0.25) is 10.2 Å². The molecule has 0 radical (unpaired) electrons. The Labute approximate surface area is 259 Å². The van der Waals surface area contributed by atoms with E-state index in [0.29, 0.717) is 37.6 Å². The van der Waals surface area contributed by atoms with E-state index in [1.807, 2.05) is 72.8 Å². The summed E-state index contributed by atoms with van der Waals surface area (Å²) in [6, 6.07) is 23.1. The van der Waals surface area contributed by atoms with Crippen LogP contribution in [0.1, 0.15) is 56.4 Å². The lowest BCUT2D eigenvalue weighted by molar-refractivity contribution is -0.130. The van der Waals surface area contributed by atoms with Crippen molar-refractivity contribution in [3.63, 3.8) is 0 Å². The average molecular weight is 687 g/mol. The third-order valence-electron chi connectivity index (χ3n) is 6.84. The molecule has 0 unspecified atom stereocenters. The summed E-state index contributed by atoms with van der Waals surface area (Å²) in [5, 5.41) is 9.03. The van der Waals surface area contributed by atoms with Crippen LogP contribution in [0.25, 0.3) is 0 Å². The second kappa shape index (κ2) is 14.0. The van der Waals surface area contributed by atoms with Gasteiger partial charge in [-0.25, -0.2) is 10.4 Å². The molecule has 0 saturated carbocycles. The minimum Gasteiger partial charge on any atom is -0.494 e. The van der Waals surface area contributed by atoms with Crippen molar-refractivity contribution < 1.29 is 19.4 Å². The number of aliphatic hydroxyl groups is 1. The van der Waals surface area contributed by atoms with Crippen LogP contribution in [0.4, 0.5) is 0 Å². The van der Waals surface area contributed by atoms with Crippen LogP contribution in [0.5, 0.6) is 5.75 Å². The van der Waals surface area contributed by atoms with Gasteiger partial charge in [-0.15, -0.1) is 0 Å². The summed E-state index contributed by atoms with van der Waals surface area (Å²) in [5.41, 5.74) is 7.41. The first-order valence-electron chi connectivity index (χ1n) is 13.7. The van der Waals surface area contributed by atoms with Gasteiger partial charge in [0.25, 0.3) is 5.91 Å². The van der Waals surface area contributed by atoms with Gasteiger partial charge in [-0.05, 0) is 53.8 Å². The summed E-state index contributed by atoms with van der Waals surface area (Å²) in [5.74, 6) is 0.787. The molecule has 3 aromatic rings. The van der Waals surface area contributed by atoms with Crippen molar-refractivity contribution in [2.24, 2.45) is 10.4 Å². The molecule has 1 aliphatic rings. The molecule has 1 heterocycles. The average Bonchev–Trinajstić information content (AvgIpc) is 3.33. The van der Waals surface area contributed by atoms with Crippen molar-refractivity contribution in [1.29, 1.82) is 0 Å². The maximum absolute atomic E-state index is 14.2. The quantitative estimate of drug-likeness (QED) is 0.149. The van der Waals surface area contributed by atoms with Gasteiger partial charge in [-0.1, -0.05) is 89.0 Å². The number of aliphatic hydroxyl groups excluding tert-OH is 1. The lowest BCUT2D eigenvalue weighted by Gasteiger charge is -2.31. The van der Waals surface area contributed by atoms with Crippen molar-refractivity contribution in [3.05, 3.63) is 98.4 Å². The maximum Gasteiger partial charge on any atom is 0.266 e. The van der Waals surface area contributed by atoms with Gasteiger partial charge in [0, 0.05) is 46.1 Å². The predicted molar refractivity (Wildman–Crippen MR) is 169 cm³/mol. The zero-order valence-electron chi connectivity index (χ0n) is 23.6. The van der Waals surface area contributed by atoms with Gasteiger partial charge in [0.2, 0.25) is 5.90 Å². The number of carbonyl (C=O) groups excluding carboxylic acids is 1. The number of nitrogens with zero attached hydrogens (tertiary/aromatic N) is 1. The fraction of sp³-hybridized carbons (Fsp3) is 0.375. The molecule has 0 aliphatic carbocycles. The second-order valence-electron chi connectivity index (χ2n) is 11.3. The molecular weight excluding hydrogens is 650 g/mol. The summed E-state index contributed by atoms with van der Waals surface area (Å²) in [6.45, 7) is 7.62. The highest BCUT2D eigenvalue weighted by Gasteiger charge is 2.54. The van der Waals surface area contributed by atoms with E-state index < -0.39 is 11.6 Å². The minimum atomic E-state index is -1.31. The van der Waals surface area contributed by atoms with Crippen LogP contribution in [-0.4, -0.2) is 42.2 Å². The zero-order valence-corrected chi connectivity index (χ0v) is 26.8. The molecule has 0 bridgehead atoms. The van der Waals surface area contributed by atoms with Crippen LogP contribution < -0.4 is 15.6 Å². The Morgan fingerprint density at radius 3 is 2.37 bits per heavy atom. The highest BCUT2D eigenvalue weighted by Crippen LogP contribution is 2.45. The monoisotopic (exact) mass is 685 g/mol. The molecule has 1 amide bonds. The molecular formula is C32H37Br2N3O4. The van der Waals surface area contributed by atoms with Gasteiger partial charge < -0.3 is 14.6 Å². The number of amides is 1. The summed E-state index contributed by atoms with van der Waals surface area (Å²) in [7, 11) is 0. The predicted octanol–water partition coefficient (Wildman–Crippen LogP) is 6.53. The van der Waals surface area contributed by atoms with Crippen LogP contribution in [0.15, 0.2) is 86.7 Å². The molecule has 0 spiro atoms. The van der Waals surface area contributed by atoms with Crippen molar-refractivity contribution in [2.45, 2.75) is 51.7 Å². The Morgan fingerprint density at radius 2 is 1.71 bits per heavy atom. The smallest absolute Gasteiger partial charge is 0.266 e. The molecule has 218 valence electrons. The number of rotatable bonds is 12. The number of carbonyl (C=O) groups is 1. The fourth-order valence-electron chi connectivity index (χ4n) is 4.57. The normalized spacial score (nSPS) is 18.5. The van der Waals surface area contributed by atoms with Gasteiger partial charge >= 0.3 is 0 Å². The third kappa shape index (κ3) is 7.97. The van der Waals surface area contributed by atoms with Gasteiger partial charge in [-0.2, -0.15) is 0 Å². The first kappa shape index (κ1) is 31.2. The van der Waals surface area contributed by atoms with Crippen molar-refractivity contribution in [1.82, 2.24) is 10.9 Å². The Kier molecular flexibility index (Phi) is 10.6. The highest BCUT2D eigenvalue weighted by molar-refractivity contribution is 9.10. The zero-order chi connectivity index (χ0) is 29.5. The second-order valence-corrected chi connectivity index (χ2v) is 13.0. The number of hydrazine groups is 1. The van der Waals surface area contributed by atoms with Crippen molar-refractivity contribution >= 4 is 43.7 Å². The van der Waals surface area contributed by atoms with Gasteiger partial charge in [0.05, 0.1) is 6.61 Å². The number of hydrogen-bond acceptors (Lipinski definition) is 6.